The van der Waals surface area contributed by atoms with E-state index in [1.807, 2.05) is 49.3 Å². The van der Waals surface area contributed by atoms with Crippen LogP contribution in [-0.4, -0.2) is 44.0 Å². The molecule has 2 aromatic carbocycles. The van der Waals surface area contributed by atoms with Crippen molar-refractivity contribution in [1.29, 1.82) is 0 Å². The molecule has 1 aromatic heterocycles. The van der Waals surface area contributed by atoms with E-state index >= 15 is 0 Å². The van der Waals surface area contributed by atoms with Gasteiger partial charge in [0.05, 0.1) is 5.56 Å². The second kappa shape index (κ2) is 10.8. The van der Waals surface area contributed by atoms with Crippen molar-refractivity contribution in [3.8, 4) is 11.5 Å². The summed E-state index contributed by atoms with van der Waals surface area (Å²) in [7, 11) is 3.87. The van der Waals surface area contributed by atoms with Gasteiger partial charge in [-0.2, -0.15) is 0 Å². The minimum atomic E-state index is -0.578. The highest BCUT2D eigenvalue weighted by molar-refractivity contribution is 5.99. The Kier molecular flexibility index (Phi) is 7.67. The average molecular weight is 423 g/mol. The van der Waals surface area contributed by atoms with Gasteiger partial charge in [-0.05, 0) is 50.5 Å². The molecule has 1 heterocycles. The first kappa shape index (κ1) is 21.9. The summed E-state index contributed by atoms with van der Waals surface area (Å²) in [6, 6.07) is 19.3. The third-order valence-electron chi connectivity index (χ3n) is 4.23. The number of furan rings is 1. The molecule has 0 atom stereocenters. The molecule has 0 saturated carbocycles. The van der Waals surface area contributed by atoms with Gasteiger partial charge in [0.25, 0.3) is 5.91 Å². The number of para-hydroxylation sites is 2. The monoisotopic (exact) mass is 423 g/mol. The third-order valence-corrected chi connectivity index (χ3v) is 4.23. The van der Waals surface area contributed by atoms with E-state index in [9.17, 15) is 9.59 Å². The molecule has 0 bridgehead atoms. The lowest BCUT2D eigenvalue weighted by Gasteiger charge is -2.14. The number of carbonyl (C=O) groups is 2. The Labute approximate surface area is 180 Å². The van der Waals surface area contributed by atoms with Crippen LogP contribution in [0, 0.1) is 0 Å². The molecule has 8 nitrogen and oxygen atoms in total. The number of nitrogens with zero attached hydrogens (tertiary/aromatic N) is 1. The van der Waals surface area contributed by atoms with Gasteiger partial charge in [-0.25, -0.2) is 0 Å². The number of amides is 2. The number of nitrogens with one attached hydrogen (secondary N) is 2. The molecule has 3 rings (SSSR count). The Hall–Kier alpha value is -3.78. The maximum Gasteiger partial charge on any atom is 0.305 e. The maximum absolute atomic E-state index is 12.5. The van der Waals surface area contributed by atoms with Crippen LogP contribution < -0.4 is 20.3 Å². The summed E-state index contributed by atoms with van der Waals surface area (Å²) in [5.74, 6) is 0.610. The normalized spacial score (nSPS) is 10.5. The summed E-state index contributed by atoms with van der Waals surface area (Å²) in [6.07, 6.45) is 0. The van der Waals surface area contributed by atoms with Gasteiger partial charge in [0.1, 0.15) is 30.5 Å². The Morgan fingerprint density at radius 1 is 0.871 bits per heavy atom. The number of ether oxygens (including phenoxy) is 2. The minimum absolute atomic E-state index is 0.0579. The maximum atomic E-state index is 12.5. The van der Waals surface area contributed by atoms with Crippen molar-refractivity contribution in [2.24, 2.45) is 0 Å². The Morgan fingerprint density at radius 2 is 1.58 bits per heavy atom. The molecular weight excluding hydrogens is 398 g/mol. The van der Waals surface area contributed by atoms with Crippen molar-refractivity contribution >= 4 is 11.8 Å². The average Bonchev–Trinajstić information content (AvgIpc) is 3.26. The fraction of sp³-hybridized carbons (Fsp3) is 0.217. The van der Waals surface area contributed by atoms with Crippen LogP contribution in [0.2, 0.25) is 0 Å². The Morgan fingerprint density at radius 3 is 2.35 bits per heavy atom. The van der Waals surface area contributed by atoms with E-state index in [0.717, 1.165) is 0 Å². The lowest BCUT2D eigenvalue weighted by Crippen LogP contribution is -2.41. The van der Waals surface area contributed by atoms with Gasteiger partial charge in [0.15, 0.2) is 5.76 Å². The van der Waals surface area contributed by atoms with Crippen LogP contribution >= 0.6 is 0 Å². The highest BCUT2D eigenvalue weighted by atomic mass is 16.5. The second-order valence-electron chi connectivity index (χ2n) is 6.92. The highest BCUT2D eigenvalue weighted by Gasteiger charge is 2.16. The van der Waals surface area contributed by atoms with Gasteiger partial charge in [-0.15, -0.1) is 0 Å². The molecule has 0 unspecified atom stereocenters. The predicted molar refractivity (Wildman–Crippen MR) is 115 cm³/mol. The first-order valence-corrected chi connectivity index (χ1v) is 9.77. The molecule has 0 fully saturated rings. The number of likely N-dealkylation sites (N-methyl/N-ethyl adjacent to an activating group) is 1. The van der Waals surface area contributed by atoms with Crippen molar-refractivity contribution in [2.45, 2.75) is 6.61 Å². The third kappa shape index (κ3) is 6.61. The summed E-state index contributed by atoms with van der Waals surface area (Å²) in [5, 5.41) is 0. The number of hydrogen-bond acceptors (Lipinski definition) is 6. The van der Waals surface area contributed by atoms with Crippen molar-refractivity contribution < 1.29 is 23.5 Å². The number of benzene rings is 2. The molecule has 0 radical (unpaired) electrons. The smallest absolute Gasteiger partial charge is 0.305 e. The standard InChI is InChI=1S/C23H25N3O5/c1-26(2)14-15-29-20-11-7-6-10-19(20)22(27)24-25-23(28)21-13-12-18(31-21)16-30-17-8-4-3-5-9-17/h3-13H,14-16H2,1-2H3,(H,24,27)(H,25,28). The fourth-order valence-electron chi connectivity index (χ4n) is 2.61. The fourth-order valence-corrected chi connectivity index (χ4v) is 2.61. The first-order chi connectivity index (χ1) is 15.0. The summed E-state index contributed by atoms with van der Waals surface area (Å²) in [6.45, 7) is 1.33. The minimum Gasteiger partial charge on any atom is -0.491 e. The van der Waals surface area contributed by atoms with Crippen molar-refractivity contribution in [1.82, 2.24) is 15.8 Å². The first-order valence-electron chi connectivity index (χ1n) is 9.77. The molecular formula is C23H25N3O5. The number of rotatable bonds is 9. The van der Waals surface area contributed by atoms with Crippen LogP contribution in [0.5, 0.6) is 11.5 Å². The topological polar surface area (TPSA) is 93.0 Å². The van der Waals surface area contributed by atoms with Crippen LogP contribution in [0.4, 0.5) is 0 Å². The molecule has 162 valence electrons. The zero-order valence-electron chi connectivity index (χ0n) is 17.5. The van der Waals surface area contributed by atoms with Crippen LogP contribution in [0.25, 0.3) is 0 Å². The van der Waals surface area contributed by atoms with Crippen molar-refractivity contribution in [3.05, 3.63) is 83.8 Å². The highest BCUT2D eigenvalue weighted by Crippen LogP contribution is 2.18. The van der Waals surface area contributed by atoms with E-state index < -0.39 is 11.8 Å². The summed E-state index contributed by atoms with van der Waals surface area (Å²) < 4.78 is 16.8. The SMILES string of the molecule is CN(C)CCOc1ccccc1C(=O)NNC(=O)c1ccc(COc2ccccc2)o1. The number of hydrazine groups is 1. The molecule has 31 heavy (non-hydrogen) atoms. The van der Waals surface area contributed by atoms with E-state index in [4.69, 9.17) is 13.9 Å². The van der Waals surface area contributed by atoms with E-state index in [0.29, 0.717) is 36.0 Å². The summed E-state index contributed by atoms with van der Waals surface area (Å²) >= 11 is 0. The lowest BCUT2D eigenvalue weighted by atomic mass is 10.2. The quantitative estimate of drug-likeness (QED) is 0.514. The molecule has 0 aliphatic heterocycles. The molecule has 8 heteroatoms. The molecule has 0 aliphatic rings. The van der Waals surface area contributed by atoms with Crippen LogP contribution in [0.15, 0.2) is 71.1 Å². The molecule has 2 N–H and O–H groups in total. The van der Waals surface area contributed by atoms with E-state index in [1.54, 1.807) is 30.3 Å². The Bertz CT molecular complexity index is 1000. The summed E-state index contributed by atoms with van der Waals surface area (Å²) in [4.78, 5) is 26.8. The number of carbonyl (C=O) groups excluding carboxylic acids is 2. The molecule has 0 aliphatic carbocycles. The van der Waals surface area contributed by atoms with Crippen molar-refractivity contribution in [2.75, 3.05) is 27.2 Å². The zero-order chi connectivity index (χ0) is 22.1. The van der Waals surface area contributed by atoms with Gasteiger partial charge < -0.3 is 18.8 Å². The van der Waals surface area contributed by atoms with Gasteiger partial charge in [0.2, 0.25) is 0 Å². The zero-order valence-corrected chi connectivity index (χ0v) is 17.5. The van der Waals surface area contributed by atoms with Crippen LogP contribution in [0.1, 0.15) is 26.7 Å². The lowest BCUT2D eigenvalue weighted by molar-refractivity contribution is 0.0826. The van der Waals surface area contributed by atoms with Crippen molar-refractivity contribution in [3.63, 3.8) is 0 Å². The van der Waals surface area contributed by atoms with E-state index in [2.05, 4.69) is 10.9 Å². The van der Waals surface area contributed by atoms with Gasteiger partial charge >= 0.3 is 5.91 Å². The molecule has 3 aromatic rings. The summed E-state index contributed by atoms with van der Waals surface area (Å²) in [5.41, 5.74) is 5.05. The molecule has 0 spiro atoms. The van der Waals surface area contributed by atoms with E-state index in [1.165, 1.54) is 6.07 Å². The van der Waals surface area contributed by atoms with Gasteiger partial charge in [-0.3, -0.25) is 20.4 Å². The van der Waals surface area contributed by atoms with Gasteiger partial charge in [0, 0.05) is 6.54 Å². The van der Waals surface area contributed by atoms with E-state index in [-0.39, 0.29) is 12.4 Å². The van der Waals surface area contributed by atoms with Crippen LogP contribution in [-0.2, 0) is 6.61 Å². The number of hydrogen-bond donors (Lipinski definition) is 2. The van der Waals surface area contributed by atoms with Gasteiger partial charge in [-0.1, -0.05) is 30.3 Å². The molecule has 0 saturated heterocycles. The predicted octanol–water partition coefficient (Wildman–Crippen LogP) is 2.87. The van der Waals surface area contributed by atoms with Crippen LogP contribution in [0.3, 0.4) is 0 Å². The second-order valence-corrected chi connectivity index (χ2v) is 6.92. The largest absolute Gasteiger partial charge is 0.491 e. The molecule has 2 amide bonds. The Balaban J connectivity index is 1.52.